The number of hydrogen-bond donors (Lipinski definition) is 2. The van der Waals surface area contributed by atoms with Crippen molar-refractivity contribution in [2.24, 2.45) is 5.92 Å². The number of piperidine rings is 1. The van der Waals surface area contributed by atoms with Crippen molar-refractivity contribution in [1.29, 1.82) is 0 Å². The lowest BCUT2D eigenvalue weighted by Gasteiger charge is -2.35. The van der Waals surface area contributed by atoms with Crippen LogP contribution in [-0.2, 0) is 14.8 Å². The Labute approximate surface area is 107 Å². The Morgan fingerprint density at radius 3 is 2.28 bits per heavy atom. The Morgan fingerprint density at radius 1 is 1.28 bits per heavy atom. The van der Waals surface area contributed by atoms with Crippen molar-refractivity contribution >= 4 is 15.9 Å². The predicted octanol–water partition coefficient (Wildman–Crippen LogP) is -0.702. The summed E-state index contributed by atoms with van der Waals surface area (Å²) in [6.07, 6.45) is 3.34. The van der Waals surface area contributed by atoms with Gasteiger partial charge in [-0.2, -0.15) is 0 Å². The van der Waals surface area contributed by atoms with Gasteiger partial charge < -0.3 is 10.4 Å². The molecule has 7 heteroatoms. The second-order valence-electron chi connectivity index (χ2n) is 5.27. The number of nitrogens with one attached hydrogen (secondary N) is 1. The molecule has 1 saturated carbocycles. The first-order valence-electron chi connectivity index (χ1n) is 6.30. The van der Waals surface area contributed by atoms with Gasteiger partial charge >= 0.3 is 0 Å². The molecule has 2 rings (SSSR count). The molecule has 2 N–H and O–H groups in total. The van der Waals surface area contributed by atoms with E-state index in [4.69, 9.17) is 5.11 Å². The molecule has 0 radical (unpaired) electrons. The summed E-state index contributed by atoms with van der Waals surface area (Å²) in [4.78, 5) is 11.9. The normalized spacial score (nSPS) is 30.8. The van der Waals surface area contributed by atoms with Crippen LogP contribution < -0.4 is 5.32 Å². The summed E-state index contributed by atoms with van der Waals surface area (Å²) < 4.78 is 24.1. The van der Waals surface area contributed by atoms with Crippen LogP contribution in [0, 0.1) is 5.92 Å². The molecule has 2 fully saturated rings. The standard InChI is InChI=1S/C11H20N2O4S/c1-18(16,17)13-4-2-8(3-5-13)11(15)12-9-6-10(14)7-9/h8-10,14H,2-7H2,1H3,(H,12,15). The highest BCUT2D eigenvalue weighted by atomic mass is 32.2. The van der Waals surface area contributed by atoms with Crippen LogP contribution in [0.2, 0.25) is 0 Å². The van der Waals surface area contributed by atoms with Crippen molar-refractivity contribution < 1.29 is 18.3 Å². The Balaban J connectivity index is 1.77. The molecule has 0 unspecified atom stereocenters. The number of aliphatic hydroxyl groups is 1. The van der Waals surface area contributed by atoms with Gasteiger partial charge in [0.2, 0.25) is 15.9 Å². The molecular formula is C11H20N2O4S. The van der Waals surface area contributed by atoms with Crippen LogP contribution in [-0.4, -0.2) is 55.2 Å². The first-order valence-corrected chi connectivity index (χ1v) is 8.14. The molecule has 18 heavy (non-hydrogen) atoms. The Kier molecular flexibility index (Phi) is 3.93. The van der Waals surface area contributed by atoms with Gasteiger partial charge in [-0.15, -0.1) is 0 Å². The minimum Gasteiger partial charge on any atom is -0.393 e. The molecule has 6 nitrogen and oxygen atoms in total. The van der Waals surface area contributed by atoms with Gasteiger partial charge in [0, 0.05) is 25.0 Å². The predicted molar refractivity (Wildman–Crippen MR) is 66.3 cm³/mol. The van der Waals surface area contributed by atoms with E-state index in [9.17, 15) is 13.2 Å². The van der Waals surface area contributed by atoms with E-state index in [1.54, 1.807) is 0 Å². The van der Waals surface area contributed by atoms with E-state index in [-0.39, 0.29) is 24.0 Å². The van der Waals surface area contributed by atoms with Crippen molar-refractivity contribution in [3.05, 3.63) is 0 Å². The van der Waals surface area contributed by atoms with Gasteiger partial charge in [0.25, 0.3) is 0 Å². The fourth-order valence-corrected chi connectivity index (χ4v) is 3.35. The van der Waals surface area contributed by atoms with Gasteiger partial charge in [-0.25, -0.2) is 12.7 Å². The number of aliphatic hydroxyl groups excluding tert-OH is 1. The van der Waals surface area contributed by atoms with E-state index >= 15 is 0 Å². The summed E-state index contributed by atoms with van der Waals surface area (Å²) in [5, 5.41) is 12.0. The third-order valence-corrected chi connectivity index (χ3v) is 5.06. The Hall–Kier alpha value is -0.660. The maximum atomic E-state index is 11.9. The number of carbonyl (C=O) groups is 1. The monoisotopic (exact) mass is 276 g/mol. The van der Waals surface area contributed by atoms with E-state index in [1.807, 2.05) is 0 Å². The molecule has 1 saturated heterocycles. The van der Waals surface area contributed by atoms with Crippen molar-refractivity contribution in [1.82, 2.24) is 9.62 Å². The average Bonchev–Trinajstić information content (AvgIpc) is 2.26. The number of sulfonamides is 1. The first-order chi connectivity index (χ1) is 8.36. The van der Waals surface area contributed by atoms with E-state index < -0.39 is 10.0 Å². The lowest BCUT2D eigenvalue weighted by molar-refractivity contribution is -0.128. The van der Waals surface area contributed by atoms with Gasteiger partial charge in [-0.05, 0) is 25.7 Å². The van der Waals surface area contributed by atoms with Gasteiger partial charge in [-0.3, -0.25) is 4.79 Å². The highest BCUT2D eigenvalue weighted by Gasteiger charge is 2.33. The average molecular weight is 276 g/mol. The zero-order chi connectivity index (χ0) is 13.3. The fraction of sp³-hybridized carbons (Fsp3) is 0.909. The minimum absolute atomic E-state index is 0.0000472. The van der Waals surface area contributed by atoms with Crippen molar-refractivity contribution in [2.75, 3.05) is 19.3 Å². The summed E-state index contributed by atoms with van der Waals surface area (Å²) in [6, 6.07) is 0.0976. The number of nitrogens with zero attached hydrogens (tertiary/aromatic N) is 1. The fourth-order valence-electron chi connectivity index (χ4n) is 2.47. The molecule has 0 aromatic heterocycles. The molecule has 0 atom stereocenters. The van der Waals surface area contributed by atoms with Crippen LogP contribution >= 0.6 is 0 Å². The number of amides is 1. The second-order valence-corrected chi connectivity index (χ2v) is 7.25. The van der Waals surface area contributed by atoms with Crippen molar-refractivity contribution in [3.8, 4) is 0 Å². The molecule has 104 valence electrons. The smallest absolute Gasteiger partial charge is 0.223 e. The number of rotatable bonds is 3. The molecule has 1 amide bonds. The van der Waals surface area contributed by atoms with Gasteiger partial charge in [0.15, 0.2) is 0 Å². The lowest BCUT2D eigenvalue weighted by Crippen LogP contribution is -2.50. The molecule has 0 aromatic carbocycles. The molecule has 1 aliphatic heterocycles. The van der Waals surface area contributed by atoms with E-state index in [0.717, 1.165) is 0 Å². The molecule has 0 bridgehead atoms. The third-order valence-electron chi connectivity index (χ3n) is 3.75. The lowest BCUT2D eigenvalue weighted by atomic mass is 9.88. The Morgan fingerprint density at radius 2 is 1.83 bits per heavy atom. The summed E-state index contributed by atoms with van der Waals surface area (Å²) >= 11 is 0. The van der Waals surface area contributed by atoms with Crippen LogP contribution in [0.15, 0.2) is 0 Å². The van der Waals surface area contributed by atoms with Crippen LogP contribution in [0.3, 0.4) is 0 Å². The number of carbonyl (C=O) groups excluding carboxylic acids is 1. The maximum Gasteiger partial charge on any atom is 0.223 e. The van der Waals surface area contributed by atoms with E-state index in [0.29, 0.717) is 38.8 Å². The largest absolute Gasteiger partial charge is 0.393 e. The summed E-state index contributed by atoms with van der Waals surface area (Å²) in [5.74, 6) is -0.0965. The second kappa shape index (κ2) is 5.14. The Bertz CT molecular complexity index is 409. The van der Waals surface area contributed by atoms with Crippen LogP contribution in [0.25, 0.3) is 0 Å². The highest BCUT2D eigenvalue weighted by molar-refractivity contribution is 7.88. The molecule has 2 aliphatic rings. The zero-order valence-corrected chi connectivity index (χ0v) is 11.3. The molecule has 1 aliphatic carbocycles. The van der Waals surface area contributed by atoms with Gasteiger partial charge in [-0.1, -0.05) is 0 Å². The van der Waals surface area contributed by atoms with Crippen LogP contribution in [0.4, 0.5) is 0 Å². The topological polar surface area (TPSA) is 86.7 Å². The van der Waals surface area contributed by atoms with Crippen molar-refractivity contribution in [3.63, 3.8) is 0 Å². The quantitative estimate of drug-likeness (QED) is 0.713. The summed E-state index contributed by atoms with van der Waals surface area (Å²) in [6.45, 7) is 0.842. The summed E-state index contributed by atoms with van der Waals surface area (Å²) in [7, 11) is -3.13. The zero-order valence-electron chi connectivity index (χ0n) is 10.5. The van der Waals surface area contributed by atoms with Crippen LogP contribution in [0.5, 0.6) is 0 Å². The minimum atomic E-state index is -3.13. The maximum absolute atomic E-state index is 11.9. The molecule has 0 aromatic rings. The van der Waals surface area contributed by atoms with Crippen LogP contribution in [0.1, 0.15) is 25.7 Å². The molecule has 0 spiro atoms. The molecule has 1 heterocycles. The summed E-state index contributed by atoms with van der Waals surface area (Å²) in [5.41, 5.74) is 0. The van der Waals surface area contributed by atoms with E-state index in [2.05, 4.69) is 5.32 Å². The van der Waals surface area contributed by atoms with Crippen molar-refractivity contribution in [2.45, 2.75) is 37.8 Å². The van der Waals surface area contributed by atoms with Gasteiger partial charge in [0.05, 0.1) is 12.4 Å². The van der Waals surface area contributed by atoms with Gasteiger partial charge in [0.1, 0.15) is 0 Å². The SMILES string of the molecule is CS(=O)(=O)N1CCC(C(=O)NC2CC(O)C2)CC1. The number of hydrogen-bond acceptors (Lipinski definition) is 4. The molecular weight excluding hydrogens is 256 g/mol. The third kappa shape index (κ3) is 3.21. The first kappa shape index (κ1) is 13.8. The highest BCUT2D eigenvalue weighted by Crippen LogP contribution is 2.23. The van der Waals surface area contributed by atoms with E-state index in [1.165, 1.54) is 10.6 Å².